The normalized spacial score (nSPS) is 10.6. The maximum atomic E-state index is 12.3. The molecule has 0 saturated heterocycles. The van der Waals surface area contributed by atoms with E-state index in [4.69, 9.17) is 9.15 Å². The summed E-state index contributed by atoms with van der Waals surface area (Å²) in [7, 11) is 0. The zero-order valence-electron chi connectivity index (χ0n) is 14.0. The van der Waals surface area contributed by atoms with E-state index in [1.54, 1.807) is 24.3 Å². The summed E-state index contributed by atoms with van der Waals surface area (Å²) in [5.74, 6) is 0.345. The molecule has 0 aliphatic heterocycles. The van der Waals surface area contributed by atoms with Gasteiger partial charge in [0.15, 0.2) is 0 Å². The van der Waals surface area contributed by atoms with Crippen LogP contribution in [-0.2, 0) is 6.54 Å². The number of benzene rings is 2. The number of rotatable bonds is 6. The number of carbonyl (C=O) groups is 1. The highest BCUT2D eigenvalue weighted by Gasteiger charge is 2.13. The van der Waals surface area contributed by atoms with Gasteiger partial charge in [0.05, 0.1) is 6.61 Å². The fraction of sp³-hybridized carbons (Fsp3) is 0.200. The standard InChI is InChI=1S/C20H19NO4/c1-2-11-24-16-9-7-14(8-10-16)13-21-19(22)17-12-15-5-3-4-6-18(15)25-20(17)23/h3-10,12H,2,11,13H2,1H3,(H,21,22). The molecule has 0 spiro atoms. The van der Waals surface area contributed by atoms with E-state index in [-0.39, 0.29) is 5.56 Å². The van der Waals surface area contributed by atoms with Crippen LogP contribution in [0.4, 0.5) is 0 Å². The van der Waals surface area contributed by atoms with Crippen molar-refractivity contribution in [1.82, 2.24) is 5.32 Å². The summed E-state index contributed by atoms with van der Waals surface area (Å²) in [5.41, 5.74) is 0.746. The maximum Gasteiger partial charge on any atom is 0.349 e. The lowest BCUT2D eigenvalue weighted by Gasteiger charge is -2.07. The summed E-state index contributed by atoms with van der Waals surface area (Å²) in [5, 5.41) is 3.46. The molecular formula is C20H19NO4. The Kier molecular flexibility index (Phi) is 5.14. The molecule has 1 aromatic heterocycles. The Morgan fingerprint density at radius 3 is 2.64 bits per heavy atom. The highest BCUT2D eigenvalue weighted by atomic mass is 16.5. The van der Waals surface area contributed by atoms with Crippen LogP contribution in [0.25, 0.3) is 11.0 Å². The molecule has 5 nitrogen and oxygen atoms in total. The molecule has 0 fully saturated rings. The summed E-state index contributed by atoms with van der Waals surface area (Å²) < 4.78 is 10.7. The molecule has 1 amide bonds. The molecule has 0 aliphatic rings. The van der Waals surface area contributed by atoms with Crippen LogP contribution < -0.4 is 15.7 Å². The molecule has 1 N–H and O–H groups in total. The average molecular weight is 337 g/mol. The molecule has 0 radical (unpaired) electrons. The highest BCUT2D eigenvalue weighted by Crippen LogP contribution is 2.14. The van der Waals surface area contributed by atoms with Crippen LogP contribution in [0.1, 0.15) is 29.3 Å². The quantitative estimate of drug-likeness (QED) is 0.699. The average Bonchev–Trinajstić information content (AvgIpc) is 2.64. The van der Waals surface area contributed by atoms with Crippen molar-refractivity contribution < 1.29 is 13.9 Å². The summed E-state index contributed by atoms with van der Waals surface area (Å²) in [6.07, 6.45) is 0.951. The second-order valence-corrected chi connectivity index (χ2v) is 5.66. The van der Waals surface area contributed by atoms with E-state index in [1.165, 1.54) is 0 Å². The van der Waals surface area contributed by atoms with E-state index in [9.17, 15) is 9.59 Å². The lowest BCUT2D eigenvalue weighted by Crippen LogP contribution is -2.27. The van der Waals surface area contributed by atoms with Crippen LogP contribution in [0.2, 0.25) is 0 Å². The Bertz CT molecular complexity index is 928. The number of nitrogens with one attached hydrogen (secondary N) is 1. The molecular weight excluding hydrogens is 318 g/mol. The first-order valence-corrected chi connectivity index (χ1v) is 8.20. The molecule has 3 rings (SSSR count). The van der Waals surface area contributed by atoms with E-state index >= 15 is 0 Å². The van der Waals surface area contributed by atoms with Gasteiger partial charge in [-0.2, -0.15) is 0 Å². The van der Waals surface area contributed by atoms with Crippen molar-refractivity contribution in [3.8, 4) is 5.75 Å². The van der Waals surface area contributed by atoms with Gasteiger partial charge in [0.25, 0.3) is 5.91 Å². The van der Waals surface area contributed by atoms with Crippen LogP contribution in [0.15, 0.2) is 63.8 Å². The van der Waals surface area contributed by atoms with E-state index in [0.717, 1.165) is 17.7 Å². The van der Waals surface area contributed by atoms with Crippen molar-refractivity contribution in [2.75, 3.05) is 6.61 Å². The largest absolute Gasteiger partial charge is 0.494 e. The van der Waals surface area contributed by atoms with Gasteiger partial charge >= 0.3 is 5.63 Å². The van der Waals surface area contributed by atoms with Crippen molar-refractivity contribution in [2.45, 2.75) is 19.9 Å². The predicted molar refractivity (Wildman–Crippen MR) is 95.9 cm³/mol. The molecule has 5 heteroatoms. The number of carbonyl (C=O) groups excluding carboxylic acids is 1. The van der Waals surface area contributed by atoms with E-state index in [2.05, 4.69) is 5.32 Å². The molecule has 0 unspecified atom stereocenters. The second-order valence-electron chi connectivity index (χ2n) is 5.66. The molecule has 1 heterocycles. The van der Waals surface area contributed by atoms with Gasteiger partial charge in [0.1, 0.15) is 16.9 Å². The maximum absolute atomic E-state index is 12.3. The van der Waals surface area contributed by atoms with E-state index in [1.807, 2.05) is 37.3 Å². The minimum absolute atomic E-state index is 0.00148. The Balaban J connectivity index is 1.68. The van der Waals surface area contributed by atoms with Gasteiger partial charge in [-0.1, -0.05) is 37.3 Å². The third-order valence-electron chi connectivity index (χ3n) is 3.74. The van der Waals surface area contributed by atoms with Crippen LogP contribution in [0.3, 0.4) is 0 Å². The van der Waals surface area contributed by atoms with Gasteiger partial charge in [0, 0.05) is 11.9 Å². The Morgan fingerprint density at radius 1 is 1.12 bits per heavy atom. The second kappa shape index (κ2) is 7.66. The molecule has 0 saturated carbocycles. The Hall–Kier alpha value is -3.08. The number of para-hydroxylation sites is 1. The van der Waals surface area contributed by atoms with Crippen molar-refractivity contribution in [3.05, 3.63) is 76.1 Å². The van der Waals surface area contributed by atoms with Crippen molar-refractivity contribution >= 4 is 16.9 Å². The van der Waals surface area contributed by atoms with Gasteiger partial charge in [-0.25, -0.2) is 4.79 Å². The van der Waals surface area contributed by atoms with Crippen molar-refractivity contribution in [1.29, 1.82) is 0 Å². The summed E-state index contributed by atoms with van der Waals surface area (Å²) >= 11 is 0. The van der Waals surface area contributed by atoms with Crippen LogP contribution >= 0.6 is 0 Å². The molecule has 0 aliphatic carbocycles. The number of hydrogen-bond acceptors (Lipinski definition) is 4. The third kappa shape index (κ3) is 4.07. The van der Waals surface area contributed by atoms with Gasteiger partial charge in [-0.3, -0.25) is 4.79 Å². The molecule has 25 heavy (non-hydrogen) atoms. The summed E-state index contributed by atoms with van der Waals surface area (Å²) in [4.78, 5) is 24.3. The van der Waals surface area contributed by atoms with E-state index < -0.39 is 11.5 Å². The minimum Gasteiger partial charge on any atom is -0.494 e. The third-order valence-corrected chi connectivity index (χ3v) is 3.74. The lowest BCUT2D eigenvalue weighted by molar-refractivity contribution is 0.0947. The number of amides is 1. The Morgan fingerprint density at radius 2 is 1.88 bits per heavy atom. The van der Waals surface area contributed by atoms with Gasteiger partial charge in [-0.15, -0.1) is 0 Å². The first-order valence-electron chi connectivity index (χ1n) is 8.20. The Labute approximate surface area is 145 Å². The topological polar surface area (TPSA) is 68.5 Å². The first kappa shape index (κ1) is 16.8. The minimum atomic E-state index is -0.639. The molecule has 128 valence electrons. The predicted octanol–water partition coefficient (Wildman–Crippen LogP) is 3.51. The highest BCUT2D eigenvalue weighted by molar-refractivity contribution is 5.96. The lowest BCUT2D eigenvalue weighted by atomic mass is 10.1. The van der Waals surface area contributed by atoms with Crippen LogP contribution in [0, 0.1) is 0 Å². The zero-order chi connectivity index (χ0) is 17.6. The number of ether oxygens (including phenoxy) is 1. The van der Waals surface area contributed by atoms with Crippen molar-refractivity contribution in [2.24, 2.45) is 0 Å². The zero-order valence-corrected chi connectivity index (χ0v) is 14.0. The van der Waals surface area contributed by atoms with Gasteiger partial charge < -0.3 is 14.5 Å². The van der Waals surface area contributed by atoms with Gasteiger partial charge in [0.2, 0.25) is 0 Å². The first-order chi connectivity index (χ1) is 12.2. The summed E-state index contributed by atoms with van der Waals surface area (Å²) in [6.45, 7) is 3.04. The van der Waals surface area contributed by atoms with Crippen molar-refractivity contribution in [3.63, 3.8) is 0 Å². The molecule has 0 bridgehead atoms. The molecule has 3 aromatic rings. The monoisotopic (exact) mass is 337 g/mol. The number of fused-ring (bicyclic) bond motifs is 1. The van der Waals surface area contributed by atoms with Crippen LogP contribution in [0.5, 0.6) is 5.75 Å². The van der Waals surface area contributed by atoms with E-state index in [0.29, 0.717) is 24.1 Å². The van der Waals surface area contributed by atoms with Crippen LogP contribution in [-0.4, -0.2) is 12.5 Å². The smallest absolute Gasteiger partial charge is 0.349 e. The molecule has 0 atom stereocenters. The molecule has 2 aromatic carbocycles. The SMILES string of the molecule is CCCOc1ccc(CNC(=O)c2cc3ccccc3oc2=O)cc1. The fourth-order valence-corrected chi connectivity index (χ4v) is 2.42. The summed E-state index contributed by atoms with van der Waals surface area (Å²) in [6, 6.07) is 16.1. The fourth-order valence-electron chi connectivity index (χ4n) is 2.42. The van der Waals surface area contributed by atoms with Gasteiger partial charge in [-0.05, 0) is 36.2 Å². The number of hydrogen-bond donors (Lipinski definition) is 1.